The van der Waals surface area contributed by atoms with Gasteiger partial charge in [-0.2, -0.15) is 11.8 Å². The average Bonchev–Trinajstić information content (AvgIpc) is 2.29. The van der Waals surface area contributed by atoms with E-state index in [4.69, 9.17) is 0 Å². The molecule has 0 spiro atoms. The van der Waals surface area contributed by atoms with Crippen molar-refractivity contribution in [1.29, 1.82) is 0 Å². The molecule has 16 heavy (non-hydrogen) atoms. The second-order valence-corrected chi connectivity index (χ2v) is 6.06. The molecular formula is C12H19NOS2. The molecule has 0 amide bonds. The van der Waals surface area contributed by atoms with Gasteiger partial charge in [-0.1, -0.05) is 12.1 Å². The maximum Gasteiger partial charge on any atom is 0.0498 e. The molecule has 0 aliphatic rings. The van der Waals surface area contributed by atoms with Gasteiger partial charge in [-0.15, -0.1) is 0 Å². The molecule has 0 aliphatic carbocycles. The van der Waals surface area contributed by atoms with Gasteiger partial charge >= 0.3 is 0 Å². The van der Waals surface area contributed by atoms with Crippen LogP contribution < -0.4 is 5.32 Å². The van der Waals surface area contributed by atoms with Crippen LogP contribution in [0.2, 0.25) is 0 Å². The third kappa shape index (κ3) is 4.28. The SMILES string of the molecule is CSCCNC(C)c1ccc(S(C)=O)cc1. The monoisotopic (exact) mass is 257 g/mol. The van der Waals surface area contributed by atoms with Crippen LogP contribution in [0.15, 0.2) is 29.2 Å². The topological polar surface area (TPSA) is 29.1 Å². The molecule has 90 valence electrons. The van der Waals surface area contributed by atoms with Crippen LogP contribution >= 0.6 is 11.8 Å². The lowest BCUT2D eigenvalue weighted by Gasteiger charge is -2.14. The molecule has 2 nitrogen and oxygen atoms in total. The van der Waals surface area contributed by atoms with Crippen molar-refractivity contribution in [3.63, 3.8) is 0 Å². The van der Waals surface area contributed by atoms with Gasteiger partial charge < -0.3 is 5.32 Å². The van der Waals surface area contributed by atoms with Gasteiger partial charge in [-0.3, -0.25) is 4.21 Å². The molecule has 2 unspecified atom stereocenters. The summed E-state index contributed by atoms with van der Waals surface area (Å²) >= 11 is 1.84. The highest BCUT2D eigenvalue weighted by Gasteiger charge is 2.04. The van der Waals surface area contributed by atoms with Crippen molar-refractivity contribution >= 4 is 22.6 Å². The molecule has 0 aromatic heterocycles. The van der Waals surface area contributed by atoms with E-state index in [1.54, 1.807) is 6.26 Å². The summed E-state index contributed by atoms with van der Waals surface area (Å²) in [5, 5.41) is 3.45. The maximum atomic E-state index is 11.2. The minimum absolute atomic E-state index is 0.353. The van der Waals surface area contributed by atoms with E-state index >= 15 is 0 Å². The molecule has 0 fully saturated rings. The predicted molar refractivity (Wildman–Crippen MR) is 73.6 cm³/mol. The zero-order valence-corrected chi connectivity index (χ0v) is 11.7. The molecule has 0 aliphatic heterocycles. The molecule has 1 aromatic carbocycles. The Hall–Kier alpha value is -0.320. The third-order valence-corrected chi connectivity index (χ3v) is 4.02. The lowest BCUT2D eigenvalue weighted by atomic mass is 10.1. The van der Waals surface area contributed by atoms with Crippen LogP contribution in [0, 0.1) is 0 Å². The van der Waals surface area contributed by atoms with Crippen molar-refractivity contribution in [3.05, 3.63) is 29.8 Å². The zero-order chi connectivity index (χ0) is 12.0. The first-order valence-corrected chi connectivity index (χ1v) is 8.26. The second-order valence-electron chi connectivity index (χ2n) is 3.69. The molecule has 1 rings (SSSR count). The van der Waals surface area contributed by atoms with Gasteiger partial charge in [0.2, 0.25) is 0 Å². The van der Waals surface area contributed by atoms with E-state index in [2.05, 4.69) is 18.5 Å². The number of benzene rings is 1. The van der Waals surface area contributed by atoms with E-state index in [-0.39, 0.29) is 0 Å². The van der Waals surface area contributed by atoms with Crippen LogP contribution in [0.4, 0.5) is 0 Å². The van der Waals surface area contributed by atoms with Crippen LogP contribution in [0.25, 0.3) is 0 Å². The van der Waals surface area contributed by atoms with Crippen molar-refractivity contribution in [2.75, 3.05) is 24.8 Å². The summed E-state index contributed by atoms with van der Waals surface area (Å²) in [6.45, 7) is 3.17. The molecule has 1 aromatic rings. The van der Waals surface area contributed by atoms with E-state index in [1.807, 2.05) is 36.0 Å². The van der Waals surface area contributed by atoms with Crippen LogP contribution in [-0.4, -0.2) is 29.0 Å². The summed E-state index contributed by atoms with van der Waals surface area (Å²) in [7, 11) is -0.881. The van der Waals surface area contributed by atoms with Crippen LogP contribution in [0.5, 0.6) is 0 Å². The third-order valence-electron chi connectivity index (χ3n) is 2.47. The number of thioether (sulfide) groups is 1. The standard InChI is InChI=1S/C12H19NOS2/c1-10(13-8-9-15-2)11-4-6-12(7-5-11)16(3)14/h4-7,10,13H,8-9H2,1-3H3. The summed E-state index contributed by atoms with van der Waals surface area (Å²) in [6, 6.07) is 8.34. The van der Waals surface area contributed by atoms with Crippen molar-refractivity contribution in [2.24, 2.45) is 0 Å². The molecule has 0 bridgehead atoms. The van der Waals surface area contributed by atoms with E-state index in [0.717, 1.165) is 17.2 Å². The molecule has 0 saturated carbocycles. The highest BCUT2D eigenvalue weighted by Crippen LogP contribution is 2.14. The average molecular weight is 257 g/mol. The molecule has 0 heterocycles. The van der Waals surface area contributed by atoms with Crippen molar-refractivity contribution in [1.82, 2.24) is 5.32 Å². The number of hydrogen-bond acceptors (Lipinski definition) is 3. The fraction of sp³-hybridized carbons (Fsp3) is 0.500. The van der Waals surface area contributed by atoms with Crippen molar-refractivity contribution in [2.45, 2.75) is 17.9 Å². The lowest BCUT2D eigenvalue weighted by molar-refractivity contribution is 0.601. The Balaban J connectivity index is 2.56. The van der Waals surface area contributed by atoms with Crippen molar-refractivity contribution in [3.8, 4) is 0 Å². The van der Waals surface area contributed by atoms with Gasteiger partial charge in [-0.05, 0) is 30.9 Å². The Kier molecular flexibility index (Phi) is 6.09. The smallest absolute Gasteiger partial charge is 0.0498 e. The summed E-state index contributed by atoms with van der Waals surface area (Å²) < 4.78 is 11.2. The number of rotatable bonds is 6. The van der Waals surface area contributed by atoms with Gasteiger partial charge in [0.25, 0.3) is 0 Å². The fourth-order valence-corrected chi connectivity index (χ4v) is 2.28. The molecular weight excluding hydrogens is 238 g/mol. The summed E-state index contributed by atoms with van der Waals surface area (Å²) in [5.74, 6) is 1.13. The predicted octanol–water partition coefficient (Wildman–Crippen LogP) is 2.44. The Morgan fingerprint density at radius 2 is 2.00 bits per heavy atom. The molecule has 4 heteroatoms. The number of nitrogens with one attached hydrogen (secondary N) is 1. The van der Waals surface area contributed by atoms with E-state index in [9.17, 15) is 4.21 Å². The minimum Gasteiger partial charge on any atom is -0.309 e. The van der Waals surface area contributed by atoms with Crippen molar-refractivity contribution < 1.29 is 4.21 Å². The Morgan fingerprint density at radius 1 is 1.38 bits per heavy atom. The van der Waals surface area contributed by atoms with Crippen LogP contribution in [-0.2, 0) is 10.8 Å². The van der Waals surface area contributed by atoms with Gasteiger partial charge in [0.05, 0.1) is 0 Å². The first kappa shape index (κ1) is 13.7. The zero-order valence-electron chi connectivity index (χ0n) is 10.0. The van der Waals surface area contributed by atoms with Crippen LogP contribution in [0.1, 0.15) is 18.5 Å². The minimum atomic E-state index is -0.881. The largest absolute Gasteiger partial charge is 0.309 e. The maximum absolute atomic E-state index is 11.2. The first-order valence-electron chi connectivity index (χ1n) is 5.31. The second kappa shape index (κ2) is 7.09. The van der Waals surface area contributed by atoms with Gasteiger partial charge in [0.1, 0.15) is 0 Å². The first-order chi connectivity index (χ1) is 7.65. The highest BCUT2D eigenvalue weighted by atomic mass is 32.2. The summed E-state index contributed by atoms with van der Waals surface area (Å²) in [4.78, 5) is 0.889. The van der Waals surface area contributed by atoms with Crippen LogP contribution in [0.3, 0.4) is 0 Å². The molecule has 1 N–H and O–H groups in total. The Morgan fingerprint density at radius 3 is 2.50 bits per heavy atom. The summed E-state index contributed by atoms with van der Waals surface area (Å²) in [6.07, 6.45) is 3.81. The van der Waals surface area contributed by atoms with E-state index in [1.165, 1.54) is 5.56 Å². The Bertz CT molecular complexity index is 337. The van der Waals surface area contributed by atoms with Gasteiger partial charge in [-0.25, -0.2) is 0 Å². The number of hydrogen-bond donors (Lipinski definition) is 1. The molecule has 0 saturated heterocycles. The van der Waals surface area contributed by atoms with E-state index < -0.39 is 10.8 Å². The summed E-state index contributed by atoms with van der Waals surface area (Å²) in [5.41, 5.74) is 1.25. The Labute approximate surface area is 105 Å². The lowest BCUT2D eigenvalue weighted by Crippen LogP contribution is -2.21. The van der Waals surface area contributed by atoms with Gasteiger partial charge in [0, 0.05) is 40.3 Å². The molecule has 2 atom stereocenters. The van der Waals surface area contributed by atoms with Gasteiger partial charge in [0.15, 0.2) is 0 Å². The quantitative estimate of drug-likeness (QED) is 0.794. The molecule has 0 radical (unpaired) electrons. The van der Waals surface area contributed by atoms with E-state index in [0.29, 0.717) is 6.04 Å². The fourth-order valence-electron chi connectivity index (χ4n) is 1.44. The highest BCUT2D eigenvalue weighted by molar-refractivity contribution is 7.98. The normalized spacial score (nSPS) is 14.7.